The van der Waals surface area contributed by atoms with Gasteiger partial charge in [-0.2, -0.15) is 0 Å². The highest BCUT2D eigenvalue weighted by molar-refractivity contribution is 6.04. The molecule has 2 aromatic rings. The number of hydrogen-bond donors (Lipinski definition) is 1. The fraction of sp³-hybridized carbons (Fsp3) is 0.444. The molecule has 1 aromatic carbocycles. The van der Waals surface area contributed by atoms with Gasteiger partial charge in [-0.05, 0) is 32.9 Å². The van der Waals surface area contributed by atoms with Gasteiger partial charge in [0.25, 0.3) is 5.91 Å². The van der Waals surface area contributed by atoms with E-state index in [1.54, 1.807) is 29.3 Å². The molecule has 26 heavy (non-hydrogen) atoms. The SMILES string of the molecule is CC(C)(C)OC(=O)N1CCN(c2cnc3cccc(C(N)=O)c3n2)CC1. The Morgan fingerprint density at radius 3 is 2.46 bits per heavy atom. The van der Waals surface area contributed by atoms with Crippen LogP contribution in [0.15, 0.2) is 24.4 Å². The molecular formula is C18H23N5O3. The van der Waals surface area contributed by atoms with Crippen LogP contribution in [0.3, 0.4) is 0 Å². The lowest BCUT2D eigenvalue weighted by atomic mass is 10.1. The first kappa shape index (κ1) is 17.9. The number of nitrogens with two attached hydrogens (primary N) is 1. The summed E-state index contributed by atoms with van der Waals surface area (Å²) < 4.78 is 5.41. The van der Waals surface area contributed by atoms with Gasteiger partial charge in [-0.15, -0.1) is 0 Å². The number of piperazine rings is 1. The molecule has 8 nitrogen and oxygen atoms in total. The van der Waals surface area contributed by atoms with E-state index in [1.807, 2.05) is 25.7 Å². The highest BCUT2D eigenvalue weighted by Gasteiger charge is 2.26. The molecule has 0 spiro atoms. The fourth-order valence-corrected chi connectivity index (χ4v) is 2.82. The summed E-state index contributed by atoms with van der Waals surface area (Å²) in [5.41, 5.74) is 6.39. The fourth-order valence-electron chi connectivity index (χ4n) is 2.82. The van der Waals surface area contributed by atoms with E-state index >= 15 is 0 Å². The van der Waals surface area contributed by atoms with Gasteiger partial charge in [0.2, 0.25) is 0 Å². The molecule has 2 N–H and O–H groups in total. The molecule has 1 aromatic heterocycles. The minimum Gasteiger partial charge on any atom is -0.444 e. The van der Waals surface area contributed by atoms with Gasteiger partial charge in [0, 0.05) is 26.2 Å². The predicted molar refractivity (Wildman–Crippen MR) is 98.1 cm³/mol. The first-order chi connectivity index (χ1) is 12.2. The third-order valence-electron chi connectivity index (χ3n) is 4.08. The van der Waals surface area contributed by atoms with Crippen LogP contribution in [0.25, 0.3) is 11.0 Å². The maximum atomic E-state index is 12.2. The smallest absolute Gasteiger partial charge is 0.410 e. The Kier molecular flexibility index (Phi) is 4.67. The molecule has 138 valence electrons. The number of fused-ring (bicyclic) bond motifs is 1. The lowest BCUT2D eigenvalue weighted by Gasteiger charge is -2.36. The summed E-state index contributed by atoms with van der Waals surface area (Å²) in [6.07, 6.45) is 1.37. The van der Waals surface area contributed by atoms with Crippen LogP contribution in [0.4, 0.5) is 10.6 Å². The van der Waals surface area contributed by atoms with Crippen molar-refractivity contribution in [1.82, 2.24) is 14.9 Å². The van der Waals surface area contributed by atoms with Gasteiger partial charge >= 0.3 is 6.09 Å². The Hall–Kier alpha value is -2.90. The largest absolute Gasteiger partial charge is 0.444 e. The Morgan fingerprint density at radius 2 is 1.85 bits per heavy atom. The van der Waals surface area contributed by atoms with Crippen molar-refractivity contribution < 1.29 is 14.3 Å². The number of carbonyl (C=O) groups excluding carboxylic acids is 2. The number of nitrogens with zero attached hydrogens (tertiary/aromatic N) is 4. The molecule has 0 aliphatic carbocycles. The molecule has 0 atom stereocenters. The summed E-state index contributed by atoms with van der Waals surface area (Å²) >= 11 is 0. The zero-order chi connectivity index (χ0) is 18.9. The molecule has 8 heteroatoms. The zero-order valence-electron chi connectivity index (χ0n) is 15.2. The van der Waals surface area contributed by atoms with Crippen molar-refractivity contribution >= 4 is 28.9 Å². The molecule has 1 aliphatic rings. The summed E-state index contributed by atoms with van der Waals surface area (Å²) in [6.45, 7) is 7.83. The number of amides is 2. The van der Waals surface area contributed by atoms with Gasteiger partial charge in [-0.3, -0.25) is 9.78 Å². The van der Waals surface area contributed by atoms with E-state index < -0.39 is 11.5 Å². The molecule has 0 radical (unpaired) electrons. The standard InChI is InChI=1S/C18H23N5O3/c1-18(2,3)26-17(25)23-9-7-22(8-10-23)14-11-20-13-6-4-5-12(16(19)24)15(13)21-14/h4-6,11H,7-10H2,1-3H3,(H2,19,24). The van der Waals surface area contributed by atoms with Crippen molar-refractivity contribution in [3.05, 3.63) is 30.0 Å². The second-order valence-corrected chi connectivity index (χ2v) is 7.22. The monoisotopic (exact) mass is 357 g/mol. The Labute approximate surface area is 151 Å². The van der Waals surface area contributed by atoms with Crippen molar-refractivity contribution in [2.24, 2.45) is 5.73 Å². The van der Waals surface area contributed by atoms with E-state index in [4.69, 9.17) is 10.5 Å². The van der Waals surface area contributed by atoms with E-state index in [0.29, 0.717) is 48.6 Å². The van der Waals surface area contributed by atoms with Crippen molar-refractivity contribution in [2.75, 3.05) is 31.1 Å². The van der Waals surface area contributed by atoms with Gasteiger partial charge in [0.1, 0.15) is 16.9 Å². The maximum absolute atomic E-state index is 12.2. The molecule has 1 aliphatic heterocycles. The van der Waals surface area contributed by atoms with Gasteiger partial charge in [0.05, 0.1) is 17.3 Å². The maximum Gasteiger partial charge on any atom is 0.410 e. The second-order valence-electron chi connectivity index (χ2n) is 7.22. The van der Waals surface area contributed by atoms with E-state index in [1.165, 1.54) is 0 Å². The van der Waals surface area contributed by atoms with Crippen molar-refractivity contribution in [1.29, 1.82) is 0 Å². The average Bonchev–Trinajstić information content (AvgIpc) is 2.59. The molecule has 2 amide bonds. The number of aromatic nitrogens is 2. The topological polar surface area (TPSA) is 102 Å². The lowest BCUT2D eigenvalue weighted by molar-refractivity contribution is 0.0240. The Bertz CT molecular complexity index is 838. The van der Waals surface area contributed by atoms with E-state index in [0.717, 1.165) is 0 Å². The van der Waals surface area contributed by atoms with Crippen LogP contribution in [0, 0.1) is 0 Å². The normalized spacial score (nSPS) is 15.2. The first-order valence-electron chi connectivity index (χ1n) is 8.53. The molecule has 0 bridgehead atoms. The summed E-state index contributed by atoms with van der Waals surface area (Å²) in [5.74, 6) is 0.131. The van der Waals surface area contributed by atoms with E-state index in [-0.39, 0.29) is 6.09 Å². The molecular weight excluding hydrogens is 334 g/mol. The summed E-state index contributed by atoms with van der Waals surface area (Å²) in [4.78, 5) is 36.5. The van der Waals surface area contributed by atoms with E-state index in [9.17, 15) is 9.59 Å². The van der Waals surface area contributed by atoms with Gasteiger partial charge in [-0.25, -0.2) is 9.78 Å². The molecule has 1 fully saturated rings. The van der Waals surface area contributed by atoms with Crippen LogP contribution in [0.1, 0.15) is 31.1 Å². The first-order valence-corrected chi connectivity index (χ1v) is 8.53. The van der Waals surface area contributed by atoms with Crippen LogP contribution in [-0.2, 0) is 4.74 Å². The van der Waals surface area contributed by atoms with E-state index in [2.05, 4.69) is 9.97 Å². The van der Waals surface area contributed by atoms with Gasteiger partial charge in [-0.1, -0.05) is 6.07 Å². The van der Waals surface area contributed by atoms with Crippen molar-refractivity contribution in [2.45, 2.75) is 26.4 Å². The quantitative estimate of drug-likeness (QED) is 0.879. The molecule has 2 heterocycles. The summed E-state index contributed by atoms with van der Waals surface area (Å²) in [6, 6.07) is 5.17. The number of para-hydroxylation sites is 1. The average molecular weight is 357 g/mol. The molecule has 0 saturated carbocycles. The highest BCUT2D eigenvalue weighted by atomic mass is 16.6. The number of rotatable bonds is 2. The second kappa shape index (κ2) is 6.78. The molecule has 3 rings (SSSR count). The van der Waals surface area contributed by atoms with Crippen LogP contribution in [0.2, 0.25) is 0 Å². The number of primary amides is 1. The Balaban J connectivity index is 1.74. The minimum absolute atomic E-state index is 0.308. The summed E-state index contributed by atoms with van der Waals surface area (Å²) in [5, 5.41) is 0. The van der Waals surface area contributed by atoms with Crippen LogP contribution in [-0.4, -0.2) is 58.6 Å². The van der Waals surface area contributed by atoms with Crippen LogP contribution in [0.5, 0.6) is 0 Å². The van der Waals surface area contributed by atoms with Crippen LogP contribution >= 0.6 is 0 Å². The van der Waals surface area contributed by atoms with Crippen molar-refractivity contribution in [3.63, 3.8) is 0 Å². The zero-order valence-corrected chi connectivity index (χ0v) is 15.2. The van der Waals surface area contributed by atoms with Gasteiger partial charge < -0.3 is 20.3 Å². The third-order valence-corrected chi connectivity index (χ3v) is 4.08. The number of benzene rings is 1. The van der Waals surface area contributed by atoms with Gasteiger partial charge in [0.15, 0.2) is 0 Å². The predicted octanol–water partition coefficient (Wildman–Crippen LogP) is 1.79. The Morgan fingerprint density at radius 1 is 1.15 bits per heavy atom. The number of carbonyl (C=O) groups is 2. The number of ether oxygens (including phenoxy) is 1. The van der Waals surface area contributed by atoms with Crippen LogP contribution < -0.4 is 10.6 Å². The van der Waals surface area contributed by atoms with Crippen molar-refractivity contribution in [3.8, 4) is 0 Å². The minimum atomic E-state index is -0.531. The molecule has 1 saturated heterocycles. The lowest BCUT2D eigenvalue weighted by Crippen LogP contribution is -2.50. The number of anilines is 1. The number of hydrogen-bond acceptors (Lipinski definition) is 6. The molecule has 0 unspecified atom stereocenters. The third kappa shape index (κ3) is 3.84. The summed E-state index contributed by atoms with van der Waals surface area (Å²) in [7, 11) is 0. The highest BCUT2D eigenvalue weighted by Crippen LogP contribution is 2.20.